The smallest absolute Gasteiger partial charge is 0.180 e. The van der Waals surface area contributed by atoms with E-state index in [1.807, 2.05) is 25.1 Å². The van der Waals surface area contributed by atoms with Gasteiger partial charge in [0.1, 0.15) is 11.5 Å². The molecule has 0 fully saturated rings. The van der Waals surface area contributed by atoms with Gasteiger partial charge in [-0.3, -0.25) is 4.98 Å². The van der Waals surface area contributed by atoms with Gasteiger partial charge in [0.15, 0.2) is 5.82 Å². The Morgan fingerprint density at radius 2 is 2.00 bits per heavy atom. The second-order valence-corrected chi connectivity index (χ2v) is 4.57. The molecule has 0 aromatic carbocycles. The van der Waals surface area contributed by atoms with Crippen LogP contribution in [0.5, 0.6) is 0 Å². The number of anilines is 1. The van der Waals surface area contributed by atoms with Crippen molar-refractivity contribution in [3.8, 4) is 11.5 Å². The van der Waals surface area contributed by atoms with Crippen molar-refractivity contribution in [3.05, 3.63) is 35.7 Å². The summed E-state index contributed by atoms with van der Waals surface area (Å²) in [5.41, 5.74) is 3.06. The lowest BCUT2D eigenvalue weighted by molar-refractivity contribution is 0.873. The lowest BCUT2D eigenvalue weighted by Crippen LogP contribution is -2.04. The van der Waals surface area contributed by atoms with Crippen molar-refractivity contribution in [3.63, 3.8) is 0 Å². The molecule has 0 saturated heterocycles. The van der Waals surface area contributed by atoms with Crippen LogP contribution in [-0.2, 0) is 6.42 Å². The van der Waals surface area contributed by atoms with Crippen molar-refractivity contribution in [2.24, 2.45) is 0 Å². The third kappa shape index (κ3) is 3.50. The average molecular weight is 256 g/mol. The minimum Gasteiger partial charge on any atom is -0.370 e. The summed E-state index contributed by atoms with van der Waals surface area (Å²) in [5.74, 6) is 1.57. The molecule has 0 radical (unpaired) electrons. The summed E-state index contributed by atoms with van der Waals surface area (Å²) < 4.78 is 0. The summed E-state index contributed by atoms with van der Waals surface area (Å²) in [6, 6.07) is 6.01. The average Bonchev–Trinajstić information content (AvgIpc) is 2.39. The summed E-state index contributed by atoms with van der Waals surface area (Å²) in [6.07, 6.45) is 3.83. The van der Waals surface area contributed by atoms with Gasteiger partial charge in [0.2, 0.25) is 0 Å². The van der Waals surface area contributed by atoms with Gasteiger partial charge >= 0.3 is 0 Å². The second kappa shape index (κ2) is 6.27. The molecule has 0 saturated carbocycles. The zero-order chi connectivity index (χ0) is 13.7. The van der Waals surface area contributed by atoms with Crippen molar-refractivity contribution in [2.45, 2.75) is 33.6 Å². The molecule has 2 rings (SSSR count). The van der Waals surface area contributed by atoms with Crippen LogP contribution < -0.4 is 5.32 Å². The van der Waals surface area contributed by atoms with Gasteiger partial charge in [-0.15, -0.1) is 0 Å². The van der Waals surface area contributed by atoms with Gasteiger partial charge < -0.3 is 5.32 Å². The fourth-order valence-corrected chi connectivity index (χ4v) is 1.93. The van der Waals surface area contributed by atoms with Crippen LogP contribution in [-0.4, -0.2) is 21.5 Å². The molecule has 1 N–H and O–H groups in total. The highest BCUT2D eigenvalue weighted by molar-refractivity contribution is 5.53. The van der Waals surface area contributed by atoms with Crippen molar-refractivity contribution in [1.29, 1.82) is 0 Å². The summed E-state index contributed by atoms with van der Waals surface area (Å²) in [4.78, 5) is 13.5. The molecule has 0 aliphatic rings. The Hall–Kier alpha value is -1.97. The zero-order valence-electron chi connectivity index (χ0n) is 11.8. The third-order valence-electron chi connectivity index (χ3n) is 2.79. The Balaban J connectivity index is 2.43. The summed E-state index contributed by atoms with van der Waals surface area (Å²) in [7, 11) is 0. The van der Waals surface area contributed by atoms with Crippen molar-refractivity contribution in [2.75, 3.05) is 11.9 Å². The quantitative estimate of drug-likeness (QED) is 0.892. The fourth-order valence-electron chi connectivity index (χ4n) is 1.93. The topological polar surface area (TPSA) is 50.7 Å². The Kier molecular flexibility index (Phi) is 4.44. The van der Waals surface area contributed by atoms with E-state index in [9.17, 15) is 0 Å². The van der Waals surface area contributed by atoms with Crippen LogP contribution in [0.4, 0.5) is 5.82 Å². The molecule has 0 unspecified atom stereocenters. The monoisotopic (exact) mass is 256 g/mol. The number of nitrogens with zero attached hydrogens (tertiary/aromatic N) is 3. The van der Waals surface area contributed by atoms with E-state index in [1.165, 1.54) is 5.56 Å². The van der Waals surface area contributed by atoms with E-state index in [-0.39, 0.29) is 0 Å². The Morgan fingerprint density at radius 1 is 1.16 bits per heavy atom. The van der Waals surface area contributed by atoms with Crippen LogP contribution >= 0.6 is 0 Å². The molecular weight excluding hydrogens is 236 g/mol. The van der Waals surface area contributed by atoms with E-state index >= 15 is 0 Å². The standard InChI is InChI=1S/C15H20N4/c1-4-6-12-10-14(16-5-2)19-15(18-12)13-9-11(3)7-8-17-13/h7-10H,4-6H2,1-3H3,(H,16,18,19). The number of hydrogen-bond acceptors (Lipinski definition) is 4. The molecule has 2 aromatic heterocycles. The largest absolute Gasteiger partial charge is 0.370 e. The van der Waals surface area contributed by atoms with Crippen LogP contribution in [0.25, 0.3) is 11.5 Å². The summed E-state index contributed by atoms with van der Waals surface area (Å²) >= 11 is 0. The van der Waals surface area contributed by atoms with Gasteiger partial charge in [-0.25, -0.2) is 9.97 Å². The maximum absolute atomic E-state index is 4.60. The van der Waals surface area contributed by atoms with E-state index in [4.69, 9.17) is 0 Å². The van der Waals surface area contributed by atoms with Gasteiger partial charge in [0, 0.05) is 24.5 Å². The van der Waals surface area contributed by atoms with Crippen LogP contribution in [0, 0.1) is 6.92 Å². The summed E-state index contributed by atoms with van der Waals surface area (Å²) in [6.45, 7) is 7.11. The highest BCUT2D eigenvalue weighted by Crippen LogP contribution is 2.17. The minimum absolute atomic E-state index is 0.700. The Morgan fingerprint density at radius 3 is 2.68 bits per heavy atom. The molecule has 2 heterocycles. The van der Waals surface area contributed by atoms with Gasteiger partial charge in [-0.05, 0) is 38.0 Å². The van der Waals surface area contributed by atoms with E-state index < -0.39 is 0 Å². The molecule has 0 spiro atoms. The molecule has 2 aromatic rings. The van der Waals surface area contributed by atoms with E-state index in [0.29, 0.717) is 5.82 Å². The van der Waals surface area contributed by atoms with E-state index in [1.54, 1.807) is 6.20 Å². The number of aryl methyl sites for hydroxylation is 2. The SMILES string of the molecule is CCCc1cc(NCC)nc(-c2cc(C)ccn2)n1. The lowest BCUT2D eigenvalue weighted by atomic mass is 10.2. The van der Waals surface area contributed by atoms with Gasteiger partial charge in [-0.2, -0.15) is 0 Å². The molecule has 0 atom stereocenters. The maximum atomic E-state index is 4.60. The number of rotatable bonds is 5. The van der Waals surface area contributed by atoms with Crippen molar-refractivity contribution in [1.82, 2.24) is 15.0 Å². The molecule has 0 aliphatic carbocycles. The van der Waals surface area contributed by atoms with Crippen LogP contribution in [0.3, 0.4) is 0 Å². The molecule has 0 bridgehead atoms. The number of pyridine rings is 1. The zero-order valence-corrected chi connectivity index (χ0v) is 11.8. The second-order valence-electron chi connectivity index (χ2n) is 4.57. The fraction of sp³-hybridized carbons (Fsp3) is 0.400. The first-order valence-electron chi connectivity index (χ1n) is 6.77. The van der Waals surface area contributed by atoms with E-state index in [0.717, 1.165) is 36.6 Å². The molecule has 0 aliphatic heterocycles. The van der Waals surface area contributed by atoms with Crippen LogP contribution in [0.1, 0.15) is 31.5 Å². The molecule has 0 amide bonds. The number of nitrogens with one attached hydrogen (secondary N) is 1. The molecule has 19 heavy (non-hydrogen) atoms. The van der Waals surface area contributed by atoms with Crippen molar-refractivity contribution >= 4 is 5.82 Å². The first kappa shape index (κ1) is 13.5. The normalized spacial score (nSPS) is 10.5. The molecular formula is C15H20N4. The predicted molar refractivity (Wildman–Crippen MR) is 78.2 cm³/mol. The van der Waals surface area contributed by atoms with Gasteiger partial charge in [-0.1, -0.05) is 13.3 Å². The van der Waals surface area contributed by atoms with Gasteiger partial charge in [0.05, 0.1) is 0 Å². The van der Waals surface area contributed by atoms with Crippen LogP contribution in [0.15, 0.2) is 24.4 Å². The minimum atomic E-state index is 0.700. The Labute approximate surface area is 114 Å². The lowest BCUT2D eigenvalue weighted by Gasteiger charge is -2.08. The number of aromatic nitrogens is 3. The molecule has 100 valence electrons. The third-order valence-corrected chi connectivity index (χ3v) is 2.79. The highest BCUT2D eigenvalue weighted by Gasteiger charge is 2.07. The maximum Gasteiger partial charge on any atom is 0.180 e. The Bertz CT molecular complexity index is 527. The first-order valence-corrected chi connectivity index (χ1v) is 6.77. The predicted octanol–water partition coefficient (Wildman–Crippen LogP) is 3.23. The van der Waals surface area contributed by atoms with Crippen molar-refractivity contribution < 1.29 is 0 Å². The first-order chi connectivity index (χ1) is 9.22. The van der Waals surface area contributed by atoms with E-state index in [2.05, 4.69) is 34.1 Å². The number of hydrogen-bond donors (Lipinski definition) is 1. The highest BCUT2D eigenvalue weighted by atomic mass is 15.0. The molecule has 4 nitrogen and oxygen atoms in total. The molecule has 4 heteroatoms. The summed E-state index contributed by atoms with van der Waals surface area (Å²) in [5, 5.41) is 3.25. The van der Waals surface area contributed by atoms with Crippen LogP contribution in [0.2, 0.25) is 0 Å². The van der Waals surface area contributed by atoms with Gasteiger partial charge in [0.25, 0.3) is 0 Å².